The number of hydrogen-bond acceptors (Lipinski definition) is 5. The first-order valence-electron chi connectivity index (χ1n) is 12.8. The number of benzene rings is 2. The van der Waals surface area contributed by atoms with Crippen LogP contribution in [0.15, 0.2) is 95.9 Å². The van der Waals surface area contributed by atoms with Crippen LogP contribution in [0.2, 0.25) is 0 Å². The molecule has 38 heavy (non-hydrogen) atoms. The van der Waals surface area contributed by atoms with Gasteiger partial charge >= 0.3 is 0 Å². The molecule has 1 aliphatic rings. The molecule has 0 spiro atoms. The molecule has 8 heteroatoms. The second-order valence-electron chi connectivity index (χ2n) is 9.54. The molecule has 1 N–H and O–H groups in total. The smallest absolute Gasteiger partial charge is 0.253 e. The van der Waals surface area contributed by atoms with E-state index in [2.05, 4.69) is 49.5 Å². The number of halogens is 1. The lowest BCUT2D eigenvalue weighted by Gasteiger charge is -2.33. The zero-order chi connectivity index (χ0) is 25.9. The van der Waals surface area contributed by atoms with E-state index >= 15 is 0 Å². The summed E-state index contributed by atoms with van der Waals surface area (Å²) in [6, 6.07) is 24.2. The molecule has 0 bridgehead atoms. The summed E-state index contributed by atoms with van der Waals surface area (Å²) in [5.41, 5.74) is 5.77. The van der Waals surface area contributed by atoms with Crippen molar-refractivity contribution in [1.29, 1.82) is 0 Å². The van der Waals surface area contributed by atoms with Gasteiger partial charge < -0.3 is 10.2 Å². The van der Waals surface area contributed by atoms with Gasteiger partial charge in [-0.15, -0.1) is 0 Å². The Bertz CT molecular complexity index is 1550. The van der Waals surface area contributed by atoms with Crippen molar-refractivity contribution in [1.82, 2.24) is 24.5 Å². The largest absolute Gasteiger partial charge is 0.366 e. The molecule has 3 aromatic heterocycles. The second kappa shape index (κ2) is 10.8. The number of amides is 1. The number of fused-ring (bicyclic) bond motifs is 1. The maximum absolute atomic E-state index is 13.4. The highest BCUT2D eigenvalue weighted by Crippen LogP contribution is 2.31. The molecule has 190 valence electrons. The fourth-order valence-corrected chi connectivity index (χ4v) is 5.35. The zero-order valence-electron chi connectivity index (χ0n) is 20.8. The topological polar surface area (TPSA) is 75.4 Å². The normalized spacial score (nSPS) is 15.5. The van der Waals surface area contributed by atoms with Gasteiger partial charge in [0.25, 0.3) is 5.91 Å². The number of carbonyl (C=O) groups is 1. The second-order valence-corrected chi connectivity index (χ2v) is 10.4. The minimum atomic E-state index is 0.0656. The predicted molar refractivity (Wildman–Crippen MR) is 152 cm³/mol. The molecular formula is C30H27BrN6O. The molecule has 4 heterocycles. The molecule has 1 aliphatic heterocycles. The highest BCUT2D eigenvalue weighted by Gasteiger charge is 2.27. The van der Waals surface area contributed by atoms with Crippen molar-refractivity contribution in [2.24, 2.45) is 0 Å². The van der Waals surface area contributed by atoms with Crippen LogP contribution in [0.4, 0.5) is 5.82 Å². The fourth-order valence-electron chi connectivity index (χ4n) is 5.01. The molecule has 1 amide bonds. The summed E-state index contributed by atoms with van der Waals surface area (Å²) in [6.07, 6.45) is 7.29. The summed E-state index contributed by atoms with van der Waals surface area (Å²) >= 11 is 3.60. The predicted octanol–water partition coefficient (Wildman–Crippen LogP) is 6.19. The number of likely N-dealkylation sites (tertiary alicyclic amines) is 1. The van der Waals surface area contributed by atoms with Gasteiger partial charge in [-0.3, -0.25) is 9.78 Å². The van der Waals surface area contributed by atoms with Gasteiger partial charge in [0.2, 0.25) is 0 Å². The molecule has 2 aromatic carbocycles. The quantitative estimate of drug-likeness (QED) is 0.265. The maximum atomic E-state index is 13.4. The van der Waals surface area contributed by atoms with Crippen molar-refractivity contribution in [3.63, 3.8) is 0 Å². The third-order valence-electron chi connectivity index (χ3n) is 7.01. The average molecular weight is 567 g/mol. The van der Waals surface area contributed by atoms with Gasteiger partial charge in [0.15, 0.2) is 5.65 Å². The van der Waals surface area contributed by atoms with Crippen LogP contribution in [0.1, 0.15) is 40.4 Å². The standard InChI is InChI=1S/C30H27BrN6O/c31-26-19-34-37-28(33-18-21-6-4-14-32-17-21)16-27(35-29(26)37)25-9-5-15-36(20-25)30(38)24-12-10-23(11-13-24)22-7-2-1-3-8-22/h1-4,6-8,10-14,16-17,19,25,33H,5,9,15,18,20H2. The van der Waals surface area contributed by atoms with Crippen LogP contribution in [-0.2, 0) is 6.54 Å². The SMILES string of the molecule is O=C(c1ccc(-c2ccccc2)cc1)N1CCCC(c2cc(NCc3cccnc3)n3ncc(Br)c3n2)C1. The summed E-state index contributed by atoms with van der Waals surface area (Å²) in [6.45, 7) is 2.01. The lowest BCUT2D eigenvalue weighted by molar-refractivity contribution is 0.0706. The number of rotatable bonds is 6. The Labute approximate surface area is 229 Å². The third kappa shape index (κ3) is 5.04. The van der Waals surface area contributed by atoms with Gasteiger partial charge in [-0.05, 0) is 63.7 Å². The van der Waals surface area contributed by atoms with Crippen LogP contribution < -0.4 is 5.32 Å². The molecule has 1 saturated heterocycles. The molecule has 0 saturated carbocycles. The van der Waals surface area contributed by atoms with Crippen LogP contribution in [0.5, 0.6) is 0 Å². The molecule has 0 radical (unpaired) electrons. The minimum Gasteiger partial charge on any atom is -0.366 e. The molecule has 5 aromatic rings. The van der Waals surface area contributed by atoms with Gasteiger partial charge in [-0.25, -0.2) is 4.98 Å². The van der Waals surface area contributed by atoms with E-state index < -0.39 is 0 Å². The van der Waals surface area contributed by atoms with Gasteiger partial charge in [0.05, 0.1) is 16.4 Å². The van der Waals surface area contributed by atoms with E-state index in [1.807, 2.05) is 70.2 Å². The Morgan fingerprint density at radius 3 is 2.61 bits per heavy atom. The number of nitrogens with one attached hydrogen (secondary N) is 1. The number of hydrogen-bond donors (Lipinski definition) is 1. The van der Waals surface area contributed by atoms with E-state index in [0.29, 0.717) is 18.7 Å². The van der Waals surface area contributed by atoms with E-state index in [1.54, 1.807) is 12.4 Å². The molecule has 7 nitrogen and oxygen atoms in total. The van der Waals surface area contributed by atoms with Crippen molar-refractivity contribution in [3.8, 4) is 11.1 Å². The van der Waals surface area contributed by atoms with Crippen LogP contribution >= 0.6 is 15.9 Å². The summed E-state index contributed by atoms with van der Waals surface area (Å²) in [5, 5.41) is 7.99. The first-order chi connectivity index (χ1) is 18.7. The summed E-state index contributed by atoms with van der Waals surface area (Å²) < 4.78 is 2.65. The van der Waals surface area contributed by atoms with Crippen LogP contribution in [0.25, 0.3) is 16.8 Å². The number of nitrogens with zero attached hydrogens (tertiary/aromatic N) is 5. The lowest BCUT2D eigenvalue weighted by Crippen LogP contribution is -2.39. The Hall–Kier alpha value is -4.04. The number of carbonyl (C=O) groups excluding carboxylic acids is 1. The Balaban J connectivity index is 1.22. The molecule has 1 atom stereocenters. The fraction of sp³-hybridized carbons (Fsp3) is 0.200. The van der Waals surface area contributed by atoms with E-state index in [0.717, 1.165) is 57.7 Å². The van der Waals surface area contributed by atoms with E-state index in [9.17, 15) is 4.79 Å². The van der Waals surface area contributed by atoms with Crippen LogP contribution in [0, 0.1) is 0 Å². The van der Waals surface area contributed by atoms with E-state index in [-0.39, 0.29) is 11.8 Å². The van der Waals surface area contributed by atoms with E-state index in [4.69, 9.17) is 4.98 Å². The summed E-state index contributed by atoms with van der Waals surface area (Å²) in [7, 11) is 0. The minimum absolute atomic E-state index is 0.0656. The average Bonchev–Trinajstić information content (AvgIpc) is 3.37. The Morgan fingerprint density at radius 2 is 1.82 bits per heavy atom. The zero-order valence-corrected chi connectivity index (χ0v) is 22.4. The van der Waals surface area contributed by atoms with Crippen molar-refractivity contribution in [2.45, 2.75) is 25.3 Å². The van der Waals surface area contributed by atoms with Gasteiger partial charge in [0, 0.05) is 49.6 Å². The van der Waals surface area contributed by atoms with Gasteiger partial charge in [-0.2, -0.15) is 9.61 Å². The molecule has 6 rings (SSSR count). The van der Waals surface area contributed by atoms with Crippen molar-refractivity contribution in [2.75, 3.05) is 18.4 Å². The Kier molecular flexibility index (Phi) is 6.88. The molecule has 1 unspecified atom stereocenters. The highest BCUT2D eigenvalue weighted by molar-refractivity contribution is 9.10. The maximum Gasteiger partial charge on any atom is 0.253 e. The van der Waals surface area contributed by atoms with Crippen molar-refractivity contribution >= 4 is 33.3 Å². The van der Waals surface area contributed by atoms with Crippen LogP contribution in [-0.4, -0.2) is 43.5 Å². The van der Waals surface area contributed by atoms with Crippen molar-refractivity contribution < 1.29 is 4.79 Å². The third-order valence-corrected chi connectivity index (χ3v) is 7.57. The number of aromatic nitrogens is 4. The molecule has 0 aliphatic carbocycles. The monoisotopic (exact) mass is 566 g/mol. The highest BCUT2D eigenvalue weighted by atomic mass is 79.9. The summed E-state index contributed by atoms with van der Waals surface area (Å²) in [5.74, 6) is 1.07. The molecule has 1 fully saturated rings. The summed E-state index contributed by atoms with van der Waals surface area (Å²) in [4.78, 5) is 24.6. The lowest BCUT2D eigenvalue weighted by atomic mass is 9.93. The Morgan fingerprint density at radius 1 is 1.00 bits per heavy atom. The van der Waals surface area contributed by atoms with E-state index in [1.165, 1.54) is 0 Å². The number of anilines is 1. The van der Waals surface area contributed by atoms with Crippen LogP contribution in [0.3, 0.4) is 0 Å². The first-order valence-corrected chi connectivity index (χ1v) is 13.6. The first kappa shape index (κ1) is 24.3. The number of pyridine rings is 1. The van der Waals surface area contributed by atoms with Gasteiger partial charge in [-0.1, -0.05) is 48.5 Å². The molecular weight excluding hydrogens is 540 g/mol. The van der Waals surface area contributed by atoms with Crippen molar-refractivity contribution in [3.05, 3.63) is 113 Å². The van der Waals surface area contributed by atoms with Gasteiger partial charge in [0.1, 0.15) is 5.82 Å². The number of piperidine rings is 1.